The zero-order valence-electron chi connectivity index (χ0n) is 40.1. The predicted octanol–water partition coefficient (Wildman–Crippen LogP) is 1.79. The van der Waals surface area contributed by atoms with Crippen molar-refractivity contribution in [1.29, 1.82) is 0 Å². The van der Waals surface area contributed by atoms with Crippen LogP contribution < -0.4 is 37.1 Å². The monoisotopic (exact) mass is 992 g/mol. The van der Waals surface area contributed by atoms with Crippen LogP contribution in [0.15, 0.2) is 22.7 Å². The molecule has 10 unspecified atom stereocenters. The molecule has 10 atom stereocenters. The molecule has 7 amide bonds. The molecule has 2 fully saturated rings. The van der Waals surface area contributed by atoms with Gasteiger partial charge in [0.2, 0.25) is 41.4 Å². The molecule has 20 heteroatoms. The molecule has 0 spiro atoms. The van der Waals surface area contributed by atoms with Crippen molar-refractivity contribution < 1.29 is 52.9 Å². The van der Waals surface area contributed by atoms with Gasteiger partial charge in [-0.25, -0.2) is 4.79 Å². The van der Waals surface area contributed by atoms with Gasteiger partial charge in [-0.1, -0.05) is 61.0 Å². The second-order valence-corrected chi connectivity index (χ2v) is 18.9. The number of nitrogens with one attached hydrogen (secondary N) is 5. The van der Waals surface area contributed by atoms with E-state index in [4.69, 9.17) is 15.2 Å². The van der Waals surface area contributed by atoms with E-state index in [1.54, 1.807) is 52.8 Å². The Balaban J connectivity index is 2.26. The lowest BCUT2D eigenvalue weighted by Crippen LogP contribution is -2.66. The fraction of sp³-hybridized carbons (Fsp3) is 0.696. The van der Waals surface area contributed by atoms with Gasteiger partial charge in [0.15, 0.2) is 0 Å². The summed E-state index contributed by atoms with van der Waals surface area (Å²) >= 11 is 3.49. The lowest BCUT2D eigenvalue weighted by molar-refractivity contribution is -0.168. The summed E-state index contributed by atoms with van der Waals surface area (Å²) in [4.78, 5) is 116. The maximum absolute atomic E-state index is 14.9. The molecule has 1 aromatic carbocycles. The lowest BCUT2D eigenvalue weighted by Gasteiger charge is -2.44. The fourth-order valence-electron chi connectivity index (χ4n) is 8.06. The van der Waals surface area contributed by atoms with E-state index in [1.807, 2.05) is 13.8 Å². The summed E-state index contributed by atoms with van der Waals surface area (Å²) in [6.45, 7) is 13.8. The Morgan fingerprint density at radius 2 is 1.65 bits per heavy atom. The third-order valence-electron chi connectivity index (χ3n) is 12.3. The minimum Gasteiger partial charge on any atom is -0.496 e. The highest BCUT2D eigenvalue weighted by molar-refractivity contribution is 9.10. The first-order valence-corrected chi connectivity index (χ1v) is 23.9. The van der Waals surface area contributed by atoms with Crippen LogP contribution in [0.4, 0.5) is 0 Å². The number of benzene rings is 1. The van der Waals surface area contributed by atoms with Crippen LogP contribution in [-0.2, 0) is 49.5 Å². The van der Waals surface area contributed by atoms with Crippen molar-refractivity contribution in [2.24, 2.45) is 23.5 Å². The van der Waals surface area contributed by atoms with E-state index < -0.39 is 114 Å². The average molecular weight is 994 g/mol. The molecule has 0 saturated carbocycles. The molecular weight excluding hydrogens is 920 g/mol. The number of cyclic esters (lactones) is 1. The first-order valence-electron chi connectivity index (χ1n) is 23.1. The highest BCUT2D eigenvalue weighted by Crippen LogP contribution is 2.29. The van der Waals surface area contributed by atoms with Gasteiger partial charge < -0.3 is 56.7 Å². The first kappa shape index (κ1) is 55.5. The van der Waals surface area contributed by atoms with Crippen molar-refractivity contribution in [3.8, 4) is 5.75 Å². The number of aliphatic hydroxyl groups is 1. The van der Waals surface area contributed by atoms with E-state index in [9.17, 15) is 43.5 Å². The maximum Gasteiger partial charge on any atom is 0.329 e. The molecule has 8 N–H and O–H groups in total. The minimum atomic E-state index is -1.63. The Kier molecular flexibility index (Phi) is 21.8. The molecule has 2 heterocycles. The Hall–Kier alpha value is -4.82. The molecule has 1 aromatic rings. The normalized spacial score (nSPS) is 26.0. The largest absolute Gasteiger partial charge is 0.496 e. The second-order valence-electron chi connectivity index (χ2n) is 18.1. The Morgan fingerprint density at radius 3 is 2.23 bits per heavy atom. The molecular formula is C46H73BrN8O11. The van der Waals surface area contributed by atoms with Crippen molar-refractivity contribution in [3.05, 3.63) is 28.2 Å². The zero-order valence-corrected chi connectivity index (χ0v) is 41.7. The van der Waals surface area contributed by atoms with E-state index in [-0.39, 0.29) is 44.6 Å². The van der Waals surface area contributed by atoms with Crippen LogP contribution >= 0.6 is 15.9 Å². The molecule has 3 rings (SSSR count). The van der Waals surface area contributed by atoms with Crippen molar-refractivity contribution in [3.63, 3.8) is 0 Å². The summed E-state index contributed by atoms with van der Waals surface area (Å²) in [5, 5.41) is 25.1. The number of nitrogens with two attached hydrogens (primary N) is 1. The fourth-order valence-corrected chi connectivity index (χ4v) is 8.65. The van der Waals surface area contributed by atoms with Crippen LogP contribution in [0.25, 0.3) is 0 Å². The van der Waals surface area contributed by atoms with Crippen LogP contribution in [0, 0.1) is 17.8 Å². The number of ether oxygens (including phenoxy) is 2. The number of likely N-dealkylation sites (N-methyl/N-ethyl adjacent to an activating group) is 1. The summed E-state index contributed by atoms with van der Waals surface area (Å²) in [5.41, 5.74) is 6.38. The topological polar surface area (TPSA) is 268 Å². The molecule has 0 radical (unpaired) electrons. The number of piperidine rings is 1. The number of halogens is 1. The number of fused-ring (bicyclic) bond motifs is 2. The summed E-state index contributed by atoms with van der Waals surface area (Å²) in [7, 11) is 2.92. The summed E-state index contributed by atoms with van der Waals surface area (Å²) in [6, 6.07) is -4.04. The van der Waals surface area contributed by atoms with Gasteiger partial charge in [0.05, 0.1) is 11.6 Å². The third-order valence-corrected chi connectivity index (χ3v) is 12.9. The van der Waals surface area contributed by atoms with E-state index in [0.717, 1.165) is 4.90 Å². The van der Waals surface area contributed by atoms with E-state index in [0.29, 0.717) is 41.5 Å². The molecule has 66 heavy (non-hydrogen) atoms. The quantitative estimate of drug-likeness (QED) is 0.0924. The molecule has 0 aliphatic carbocycles. The van der Waals surface area contributed by atoms with Gasteiger partial charge >= 0.3 is 5.97 Å². The predicted molar refractivity (Wildman–Crippen MR) is 249 cm³/mol. The number of methoxy groups -OCH3 is 1. The Morgan fingerprint density at radius 1 is 0.970 bits per heavy atom. The first-order chi connectivity index (χ1) is 31.1. The Bertz CT molecular complexity index is 1880. The number of aliphatic hydroxyl groups excluding tert-OH is 1. The molecule has 370 valence electrons. The van der Waals surface area contributed by atoms with Crippen LogP contribution in [-0.4, -0.2) is 138 Å². The number of hydrogen-bond donors (Lipinski definition) is 7. The van der Waals surface area contributed by atoms with Gasteiger partial charge in [-0.3, -0.25) is 33.6 Å². The summed E-state index contributed by atoms with van der Waals surface area (Å²) in [6.07, 6.45) is -0.948. The molecule has 2 saturated heterocycles. The van der Waals surface area contributed by atoms with Crippen molar-refractivity contribution >= 4 is 63.2 Å². The number of rotatable bonds is 16. The Labute approximate surface area is 397 Å². The molecule has 0 aromatic heterocycles. The van der Waals surface area contributed by atoms with Crippen molar-refractivity contribution in [2.75, 3.05) is 20.7 Å². The van der Waals surface area contributed by atoms with Crippen LogP contribution in [0.3, 0.4) is 0 Å². The van der Waals surface area contributed by atoms with Crippen LogP contribution in [0.2, 0.25) is 0 Å². The highest BCUT2D eigenvalue weighted by atomic mass is 79.9. The zero-order chi connectivity index (χ0) is 49.6. The number of esters is 1. The molecule has 2 aliphatic rings. The van der Waals surface area contributed by atoms with Gasteiger partial charge in [0.25, 0.3) is 0 Å². The summed E-state index contributed by atoms with van der Waals surface area (Å²) < 4.78 is 11.9. The maximum atomic E-state index is 14.9. The highest BCUT2D eigenvalue weighted by Gasteiger charge is 2.47. The number of carbonyl (C=O) groups excluding carboxylic acids is 8. The molecule has 2 bridgehead atoms. The number of unbranched alkanes of at least 4 members (excludes halogenated alkanes) is 1. The number of carbonyl (C=O) groups is 8. The number of amides is 7. The van der Waals surface area contributed by atoms with Crippen LogP contribution in [0.5, 0.6) is 5.75 Å². The second kappa shape index (κ2) is 25.9. The van der Waals surface area contributed by atoms with Gasteiger partial charge in [-0.15, -0.1) is 0 Å². The average Bonchev–Trinajstić information content (AvgIpc) is 3.26. The van der Waals surface area contributed by atoms with Gasteiger partial charge in [0.1, 0.15) is 60.4 Å². The third kappa shape index (κ3) is 14.6. The van der Waals surface area contributed by atoms with Crippen LogP contribution in [0.1, 0.15) is 112 Å². The standard InChI is InChI=1S/C46H73BrN8O11/c1-11-15-34(56)51-36(24(3)4)42(60)53-38-27(8)66-46(64)37(25(5)6)52-41(59)32(23-28-17-19-33(65-10)29(47)22-28)54(9)45(63)39(26(7)12-2)55-35(57)20-18-31(44(55)62)50-40(58)30(49-43(38)61)16-13-14-21-48/h17,19,22,24-27,30-32,35-39,57H,11-16,18,20-21,23,48H2,1-10H3,(H,49,61)(H,50,58)(H,51,56)(H,52,59)(H,53,60). The minimum absolute atomic E-state index is 0.00292. The van der Waals surface area contributed by atoms with Crippen molar-refractivity contribution in [2.45, 2.75) is 168 Å². The molecule has 19 nitrogen and oxygen atoms in total. The lowest BCUT2D eigenvalue weighted by atomic mass is 9.91. The SMILES string of the molecule is CCCC(=O)NC(C(=O)NC1C(=O)NC(CCCCN)C(=O)NC2CCC(O)N(C2=O)C(C(C)CC)C(=O)N(C)C(Cc2ccc(OC)c(Br)c2)C(=O)NC(C(C)C)C(=O)OC1C)C(C)C. The van der Waals surface area contributed by atoms with Gasteiger partial charge in [-0.05, 0) is 103 Å². The number of hydrogen-bond acceptors (Lipinski definition) is 12. The molecule has 2 aliphatic heterocycles. The van der Waals surface area contributed by atoms with Gasteiger partial charge in [0, 0.05) is 19.9 Å². The summed E-state index contributed by atoms with van der Waals surface area (Å²) in [5.74, 6) is -6.98. The van der Waals surface area contributed by atoms with E-state index in [2.05, 4.69) is 42.5 Å². The smallest absolute Gasteiger partial charge is 0.329 e. The number of nitrogens with zero attached hydrogens (tertiary/aromatic N) is 2. The van der Waals surface area contributed by atoms with E-state index in [1.165, 1.54) is 26.0 Å². The van der Waals surface area contributed by atoms with Gasteiger partial charge in [-0.2, -0.15) is 0 Å². The van der Waals surface area contributed by atoms with Crippen molar-refractivity contribution in [1.82, 2.24) is 36.4 Å². The van der Waals surface area contributed by atoms with E-state index >= 15 is 0 Å².